The number of aromatic nitrogens is 1. The number of hydrogen-bond acceptors (Lipinski definition) is 4. The van der Waals surface area contributed by atoms with Gasteiger partial charge in [-0.2, -0.15) is 0 Å². The van der Waals surface area contributed by atoms with Crippen LogP contribution in [0.2, 0.25) is 5.02 Å². The molecule has 0 spiro atoms. The molecule has 2 amide bonds. The van der Waals surface area contributed by atoms with Gasteiger partial charge in [0, 0.05) is 18.1 Å². The number of halogens is 1. The molecule has 0 aliphatic heterocycles. The zero-order valence-corrected chi connectivity index (χ0v) is 16.1. The molecule has 0 bridgehead atoms. The van der Waals surface area contributed by atoms with E-state index in [0.717, 1.165) is 12.8 Å². The second kappa shape index (κ2) is 9.14. The maximum Gasteiger partial charge on any atom is 0.255 e. The number of thiazole rings is 1. The Morgan fingerprint density at radius 3 is 2.69 bits per heavy atom. The summed E-state index contributed by atoms with van der Waals surface area (Å²) in [6.07, 6.45) is 7.45. The van der Waals surface area contributed by atoms with Crippen LogP contribution in [0, 0.1) is 5.92 Å². The molecule has 1 N–H and O–H groups in total. The Hall–Kier alpha value is -1.92. The molecule has 1 aliphatic carbocycles. The summed E-state index contributed by atoms with van der Waals surface area (Å²) in [5.41, 5.74) is 0.437. The van der Waals surface area contributed by atoms with E-state index in [2.05, 4.69) is 10.3 Å². The number of rotatable bonds is 6. The Morgan fingerprint density at radius 1 is 1.23 bits per heavy atom. The molecule has 0 atom stereocenters. The lowest BCUT2D eigenvalue weighted by molar-refractivity contribution is -0.117. The number of carbonyl (C=O) groups excluding carboxylic acids is 2. The molecule has 0 radical (unpaired) electrons. The molecule has 1 saturated carbocycles. The molecule has 138 valence electrons. The minimum atomic E-state index is -0.240. The standard InChI is InChI=1S/C19H22ClN3O2S/c20-16-9-5-4-8-15(16)18(25)23(12-14-6-2-1-3-7-14)13-17(24)22-19-21-10-11-26-19/h4-5,8-11,14H,1-3,6-7,12-13H2,(H,21,22,24). The van der Waals surface area contributed by atoms with Crippen LogP contribution in [-0.2, 0) is 4.79 Å². The second-order valence-corrected chi connectivity index (χ2v) is 7.86. The van der Waals surface area contributed by atoms with E-state index in [0.29, 0.717) is 28.2 Å². The number of anilines is 1. The van der Waals surface area contributed by atoms with Crippen LogP contribution in [-0.4, -0.2) is 34.8 Å². The maximum atomic E-state index is 13.0. The van der Waals surface area contributed by atoms with Crippen molar-refractivity contribution in [3.8, 4) is 0 Å². The van der Waals surface area contributed by atoms with E-state index in [-0.39, 0.29) is 18.4 Å². The van der Waals surface area contributed by atoms with E-state index in [9.17, 15) is 9.59 Å². The molecule has 1 fully saturated rings. The van der Waals surface area contributed by atoms with Gasteiger partial charge in [-0.3, -0.25) is 9.59 Å². The molecular weight excluding hydrogens is 370 g/mol. The van der Waals surface area contributed by atoms with E-state index in [4.69, 9.17) is 11.6 Å². The van der Waals surface area contributed by atoms with Crippen LogP contribution in [0.1, 0.15) is 42.5 Å². The highest BCUT2D eigenvalue weighted by atomic mass is 35.5. The summed E-state index contributed by atoms with van der Waals surface area (Å²) in [6.45, 7) is 0.579. The molecule has 5 nitrogen and oxygen atoms in total. The van der Waals surface area contributed by atoms with E-state index in [1.54, 1.807) is 40.7 Å². The van der Waals surface area contributed by atoms with Crippen molar-refractivity contribution in [3.05, 3.63) is 46.4 Å². The largest absolute Gasteiger partial charge is 0.329 e. The Labute approximate surface area is 162 Å². The average Bonchev–Trinajstić information content (AvgIpc) is 3.15. The molecule has 0 unspecified atom stereocenters. The zero-order chi connectivity index (χ0) is 18.4. The summed E-state index contributed by atoms with van der Waals surface area (Å²) in [4.78, 5) is 31.1. The summed E-state index contributed by atoms with van der Waals surface area (Å²) in [5.74, 6) is -0.00512. The summed E-state index contributed by atoms with van der Waals surface area (Å²) in [5, 5.41) is 5.50. The first-order valence-electron chi connectivity index (χ1n) is 8.86. The van der Waals surface area contributed by atoms with E-state index >= 15 is 0 Å². The molecule has 26 heavy (non-hydrogen) atoms. The van der Waals surface area contributed by atoms with Crippen molar-refractivity contribution in [1.82, 2.24) is 9.88 Å². The van der Waals surface area contributed by atoms with Crippen LogP contribution >= 0.6 is 22.9 Å². The Bertz CT molecular complexity index is 745. The number of carbonyl (C=O) groups is 2. The minimum Gasteiger partial charge on any atom is -0.329 e. The van der Waals surface area contributed by atoms with Crippen LogP contribution < -0.4 is 5.32 Å². The fourth-order valence-corrected chi connectivity index (χ4v) is 4.08. The van der Waals surface area contributed by atoms with Crippen molar-refractivity contribution in [2.24, 2.45) is 5.92 Å². The molecule has 2 aromatic rings. The molecule has 1 aromatic carbocycles. The second-order valence-electron chi connectivity index (χ2n) is 6.55. The third-order valence-electron chi connectivity index (χ3n) is 4.61. The van der Waals surface area contributed by atoms with Gasteiger partial charge >= 0.3 is 0 Å². The summed E-state index contributed by atoms with van der Waals surface area (Å²) in [6, 6.07) is 6.98. The average molecular weight is 392 g/mol. The van der Waals surface area contributed by atoms with Crippen LogP contribution in [0.5, 0.6) is 0 Å². The highest BCUT2D eigenvalue weighted by Gasteiger charge is 2.25. The van der Waals surface area contributed by atoms with E-state index in [1.807, 2.05) is 0 Å². The van der Waals surface area contributed by atoms with Crippen molar-refractivity contribution in [2.45, 2.75) is 32.1 Å². The van der Waals surface area contributed by atoms with E-state index < -0.39 is 0 Å². The normalized spacial score (nSPS) is 14.8. The lowest BCUT2D eigenvalue weighted by Gasteiger charge is -2.29. The van der Waals surface area contributed by atoms with Gasteiger partial charge in [-0.1, -0.05) is 43.0 Å². The summed E-state index contributed by atoms with van der Waals surface area (Å²) in [7, 11) is 0. The quantitative estimate of drug-likeness (QED) is 0.790. The topological polar surface area (TPSA) is 62.3 Å². The highest BCUT2D eigenvalue weighted by molar-refractivity contribution is 7.13. The fourth-order valence-electron chi connectivity index (χ4n) is 3.32. The first-order valence-corrected chi connectivity index (χ1v) is 10.1. The van der Waals surface area contributed by atoms with Crippen molar-refractivity contribution in [2.75, 3.05) is 18.4 Å². The highest BCUT2D eigenvalue weighted by Crippen LogP contribution is 2.26. The lowest BCUT2D eigenvalue weighted by atomic mass is 9.89. The van der Waals surface area contributed by atoms with Gasteiger partial charge in [0.15, 0.2) is 5.13 Å². The van der Waals surface area contributed by atoms with Crippen molar-refractivity contribution in [3.63, 3.8) is 0 Å². The van der Waals surface area contributed by atoms with Crippen molar-refractivity contribution in [1.29, 1.82) is 0 Å². The maximum absolute atomic E-state index is 13.0. The number of nitrogens with one attached hydrogen (secondary N) is 1. The van der Waals surface area contributed by atoms with Crippen molar-refractivity contribution < 1.29 is 9.59 Å². The SMILES string of the molecule is O=C(CN(CC1CCCCC1)C(=O)c1ccccc1Cl)Nc1nccs1. The lowest BCUT2D eigenvalue weighted by Crippen LogP contribution is -2.41. The predicted octanol–water partition coefficient (Wildman–Crippen LogP) is 4.46. The van der Waals surface area contributed by atoms with Crippen molar-refractivity contribution >= 4 is 39.9 Å². The molecule has 1 aromatic heterocycles. The molecule has 1 heterocycles. The van der Waals surface area contributed by atoms with Crippen LogP contribution in [0.15, 0.2) is 35.8 Å². The van der Waals surface area contributed by atoms with Gasteiger partial charge in [-0.15, -0.1) is 11.3 Å². The number of hydrogen-bond donors (Lipinski definition) is 1. The van der Waals surface area contributed by atoms with E-state index in [1.165, 1.54) is 30.6 Å². The molecular formula is C19H22ClN3O2S. The minimum absolute atomic E-state index is 0.000135. The van der Waals surface area contributed by atoms with Gasteiger partial charge in [0.25, 0.3) is 5.91 Å². The molecule has 1 aliphatic rings. The van der Waals surface area contributed by atoms with Gasteiger partial charge < -0.3 is 10.2 Å². The van der Waals surface area contributed by atoms with Crippen LogP contribution in [0.4, 0.5) is 5.13 Å². The summed E-state index contributed by atoms with van der Waals surface area (Å²) >= 11 is 7.55. The van der Waals surface area contributed by atoms with Crippen LogP contribution in [0.3, 0.4) is 0 Å². The number of amides is 2. The monoisotopic (exact) mass is 391 g/mol. The Kier molecular flexibility index (Phi) is 6.63. The summed E-state index contributed by atoms with van der Waals surface area (Å²) < 4.78 is 0. The fraction of sp³-hybridized carbons (Fsp3) is 0.421. The number of nitrogens with zero attached hydrogens (tertiary/aromatic N) is 2. The predicted molar refractivity (Wildman–Crippen MR) is 105 cm³/mol. The third kappa shape index (κ3) is 5.05. The third-order valence-corrected chi connectivity index (χ3v) is 5.63. The number of benzene rings is 1. The molecule has 0 saturated heterocycles. The Morgan fingerprint density at radius 2 is 2.00 bits per heavy atom. The van der Waals surface area contributed by atoms with Gasteiger partial charge in [-0.25, -0.2) is 4.98 Å². The van der Waals surface area contributed by atoms with Crippen LogP contribution in [0.25, 0.3) is 0 Å². The zero-order valence-electron chi connectivity index (χ0n) is 14.5. The smallest absolute Gasteiger partial charge is 0.255 e. The van der Waals surface area contributed by atoms with Gasteiger partial charge in [0.1, 0.15) is 6.54 Å². The first-order chi connectivity index (χ1) is 12.6. The van der Waals surface area contributed by atoms with Gasteiger partial charge in [0.2, 0.25) is 5.91 Å². The molecule has 3 rings (SSSR count). The van der Waals surface area contributed by atoms with Gasteiger partial charge in [0.05, 0.1) is 10.6 Å². The first kappa shape index (κ1) is 18.9. The molecule has 7 heteroatoms. The van der Waals surface area contributed by atoms with Gasteiger partial charge in [-0.05, 0) is 30.9 Å². The Balaban J connectivity index is 1.73.